The summed E-state index contributed by atoms with van der Waals surface area (Å²) in [5.74, 6) is 0. The molecule has 0 aliphatic carbocycles. The first-order valence-corrected chi connectivity index (χ1v) is 5.70. The molecule has 0 aliphatic rings. The van der Waals surface area contributed by atoms with Gasteiger partial charge in [0.1, 0.15) is 12.6 Å². The molecule has 92 valence electrons. The highest BCUT2D eigenvalue weighted by Gasteiger charge is 1.96. The molecule has 0 heterocycles. The number of carbonyl (C=O) groups excluding carboxylic acids is 2. The van der Waals surface area contributed by atoms with Crippen molar-refractivity contribution in [2.24, 2.45) is 0 Å². The summed E-state index contributed by atoms with van der Waals surface area (Å²) in [5.41, 5.74) is 3.77. The summed E-state index contributed by atoms with van der Waals surface area (Å²) in [4.78, 5) is 20.4. The molecular weight excluding hydrogens is 224 g/mol. The van der Waals surface area contributed by atoms with Gasteiger partial charge in [-0.1, -0.05) is 48.5 Å². The van der Waals surface area contributed by atoms with Gasteiger partial charge >= 0.3 is 0 Å². The zero-order valence-corrected chi connectivity index (χ0v) is 10.6. The zero-order chi connectivity index (χ0) is 13.4. The summed E-state index contributed by atoms with van der Waals surface area (Å²) in [7, 11) is 0. The zero-order valence-electron chi connectivity index (χ0n) is 10.6. The van der Waals surface area contributed by atoms with Crippen LogP contribution in [0.25, 0.3) is 0 Å². The highest BCUT2D eigenvalue weighted by molar-refractivity contribution is 5.77. The van der Waals surface area contributed by atoms with Crippen molar-refractivity contribution >= 4 is 12.6 Å². The molecule has 0 aliphatic heterocycles. The van der Waals surface area contributed by atoms with Crippen LogP contribution in [0.2, 0.25) is 0 Å². The Kier molecular flexibility index (Phi) is 5.52. The third-order valence-corrected chi connectivity index (χ3v) is 2.71. The van der Waals surface area contributed by atoms with Crippen LogP contribution < -0.4 is 0 Å². The molecule has 0 aromatic heterocycles. The molecule has 2 heteroatoms. The summed E-state index contributed by atoms with van der Waals surface area (Å²) in [6, 6.07) is 14.8. The number of hydrogen-bond donors (Lipinski definition) is 0. The Bertz CT molecular complexity index is 516. The van der Waals surface area contributed by atoms with Crippen molar-refractivity contribution in [3.05, 3.63) is 70.8 Å². The molecule has 0 atom stereocenters. The fourth-order valence-corrected chi connectivity index (χ4v) is 1.43. The van der Waals surface area contributed by atoms with Crippen LogP contribution in [-0.2, 0) is 0 Å². The number of aryl methyl sites for hydroxylation is 1. The van der Waals surface area contributed by atoms with Crippen molar-refractivity contribution in [3.8, 4) is 0 Å². The smallest absolute Gasteiger partial charge is 0.150 e. The Morgan fingerprint density at radius 2 is 1.44 bits per heavy atom. The van der Waals surface area contributed by atoms with Crippen LogP contribution in [0.15, 0.2) is 48.5 Å². The fraction of sp³-hybridized carbons (Fsp3) is 0.125. The van der Waals surface area contributed by atoms with Gasteiger partial charge < -0.3 is 0 Å². The standard InChI is InChI=1S/C9H10O.C7H6O/c1-7-4-3-5-9(6-10)8(7)2;8-6-7-4-2-1-3-5-7/h3-6H,1-2H3;1-6H. The highest BCUT2D eigenvalue weighted by atomic mass is 16.1. The molecular formula is C16H16O2. The lowest BCUT2D eigenvalue weighted by Gasteiger charge is -1.99. The molecule has 0 bridgehead atoms. The molecule has 2 rings (SSSR count). The number of hydrogen-bond acceptors (Lipinski definition) is 2. The second-order valence-corrected chi connectivity index (χ2v) is 3.94. The third kappa shape index (κ3) is 3.98. The minimum absolute atomic E-state index is 0.729. The van der Waals surface area contributed by atoms with E-state index in [1.165, 1.54) is 5.56 Å². The van der Waals surface area contributed by atoms with Gasteiger partial charge in [0, 0.05) is 11.1 Å². The average Bonchev–Trinajstić information content (AvgIpc) is 2.43. The summed E-state index contributed by atoms with van der Waals surface area (Å²) in [6.45, 7) is 3.96. The number of rotatable bonds is 2. The predicted molar refractivity (Wildman–Crippen MR) is 73.1 cm³/mol. The Balaban J connectivity index is 0.000000184. The van der Waals surface area contributed by atoms with Crippen LogP contribution >= 0.6 is 0 Å². The van der Waals surface area contributed by atoms with Crippen molar-refractivity contribution in [1.82, 2.24) is 0 Å². The van der Waals surface area contributed by atoms with Crippen LogP contribution in [0.4, 0.5) is 0 Å². The van der Waals surface area contributed by atoms with Gasteiger partial charge in [-0.15, -0.1) is 0 Å². The minimum Gasteiger partial charge on any atom is -0.298 e. The Hall–Kier alpha value is -2.22. The maximum Gasteiger partial charge on any atom is 0.150 e. The number of carbonyl (C=O) groups is 2. The minimum atomic E-state index is 0.729. The lowest BCUT2D eigenvalue weighted by atomic mass is 10.1. The molecule has 18 heavy (non-hydrogen) atoms. The maximum absolute atomic E-state index is 10.4. The Morgan fingerprint density at radius 1 is 0.778 bits per heavy atom. The molecule has 0 fully saturated rings. The van der Waals surface area contributed by atoms with Gasteiger partial charge in [0.05, 0.1) is 0 Å². The van der Waals surface area contributed by atoms with Crippen LogP contribution in [0.1, 0.15) is 31.8 Å². The first kappa shape index (κ1) is 13.8. The Morgan fingerprint density at radius 3 is 1.89 bits per heavy atom. The molecule has 0 unspecified atom stereocenters. The molecule has 0 saturated heterocycles. The third-order valence-electron chi connectivity index (χ3n) is 2.71. The molecule has 0 spiro atoms. The number of benzene rings is 2. The topological polar surface area (TPSA) is 34.1 Å². The van der Waals surface area contributed by atoms with Crippen molar-refractivity contribution < 1.29 is 9.59 Å². The van der Waals surface area contributed by atoms with Crippen LogP contribution in [0.3, 0.4) is 0 Å². The monoisotopic (exact) mass is 240 g/mol. The second kappa shape index (κ2) is 7.17. The first-order valence-electron chi connectivity index (χ1n) is 5.70. The summed E-state index contributed by atoms with van der Waals surface area (Å²) >= 11 is 0. The molecule has 0 saturated carbocycles. The SMILES string of the molecule is Cc1cccc(C=O)c1C.O=Cc1ccccc1. The average molecular weight is 240 g/mol. The molecule has 2 nitrogen and oxygen atoms in total. The van der Waals surface area contributed by atoms with Crippen LogP contribution in [0.5, 0.6) is 0 Å². The van der Waals surface area contributed by atoms with Crippen LogP contribution in [-0.4, -0.2) is 12.6 Å². The molecule has 0 N–H and O–H groups in total. The molecule has 0 amide bonds. The van der Waals surface area contributed by atoms with E-state index in [2.05, 4.69) is 0 Å². The fourth-order valence-electron chi connectivity index (χ4n) is 1.43. The molecule has 2 aromatic rings. The van der Waals surface area contributed by atoms with E-state index in [1.807, 2.05) is 50.2 Å². The lowest BCUT2D eigenvalue weighted by Crippen LogP contribution is -1.87. The van der Waals surface area contributed by atoms with E-state index < -0.39 is 0 Å². The van der Waals surface area contributed by atoms with E-state index in [9.17, 15) is 9.59 Å². The van der Waals surface area contributed by atoms with Crippen molar-refractivity contribution in [2.75, 3.05) is 0 Å². The van der Waals surface area contributed by atoms with E-state index in [4.69, 9.17) is 0 Å². The predicted octanol–water partition coefficient (Wildman–Crippen LogP) is 3.62. The van der Waals surface area contributed by atoms with Gasteiger partial charge in [-0.05, 0) is 25.0 Å². The van der Waals surface area contributed by atoms with E-state index in [-0.39, 0.29) is 0 Å². The molecule has 2 aromatic carbocycles. The van der Waals surface area contributed by atoms with Gasteiger partial charge in [0.25, 0.3) is 0 Å². The van der Waals surface area contributed by atoms with Crippen LogP contribution in [0, 0.1) is 13.8 Å². The van der Waals surface area contributed by atoms with Gasteiger partial charge in [0.15, 0.2) is 0 Å². The van der Waals surface area contributed by atoms with E-state index in [0.29, 0.717) is 0 Å². The maximum atomic E-state index is 10.4. The quantitative estimate of drug-likeness (QED) is 0.751. The van der Waals surface area contributed by atoms with E-state index in [1.54, 1.807) is 12.1 Å². The van der Waals surface area contributed by atoms with Gasteiger partial charge in [-0.3, -0.25) is 9.59 Å². The normalized spacial score (nSPS) is 9.00. The van der Waals surface area contributed by atoms with Crippen molar-refractivity contribution in [3.63, 3.8) is 0 Å². The number of aldehydes is 2. The van der Waals surface area contributed by atoms with Crippen molar-refractivity contribution in [2.45, 2.75) is 13.8 Å². The Labute approximate surface area is 107 Å². The summed E-state index contributed by atoms with van der Waals surface area (Å²) < 4.78 is 0. The second-order valence-electron chi connectivity index (χ2n) is 3.94. The first-order chi connectivity index (χ1) is 8.69. The van der Waals surface area contributed by atoms with E-state index >= 15 is 0 Å². The highest BCUT2D eigenvalue weighted by Crippen LogP contribution is 2.09. The van der Waals surface area contributed by atoms with Gasteiger partial charge in [-0.25, -0.2) is 0 Å². The summed E-state index contributed by atoms with van der Waals surface area (Å²) in [5, 5.41) is 0. The van der Waals surface area contributed by atoms with E-state index in [0.717, 1.165) is 29.3 Å². The summed E-state index contributed by atoms with van der Waals surface area (Å²) in [6.07, 6.45) is 1.72. The molecule has 0 radical (unpaired) electrons. The van der Waals surface area contributed by atoms with Gasteiger partial charge in [-0.2, -0.15) is 0 Å². The van der Waals surface area contributed by atoms with Crippen molar-refractivity contribution in [1.29, 1.82) is 0 Å². The largest absolute Gasteiger partial charge is 0.298 e. The lowest BCUT2D eigenvalue weighted by molar-refractivity contribution is 0.111. The van der Waals surface area contributed by atoms with Gasteiger partial charge in [0.2, 0.25) is 0 Å².